The third-order valence-corrected chi connectivity index (χ3v) is 5.47. The maximum atomic E-state index is 12.7. The van der Waals surface area contributed by atoms with Gasteiger partial charge in [-0.05, 0) is 30.7 Å². The first-order valence-electron chi connectivity index (χ1n) is 9.86. The molecule has 2 heterocycles. The summed E-state index contributed by atoms with van der Waals surface area (Å²) in [4.78, 5) is 39.7. The number of epoxide rings is 1. The van der Waals surface area contributed by atoms with Crippen LogP contribution in [0.5, 0.6) is 0 Å². The van der Waals surface area contributed by atoms with Gasteiger partial charge >= 0.3 is 5.97 Å². The first-order valence-corrected chi connectivity index (χ1v) is 10.2. The summed E-state index contributed by atoms with van der Waals surface area (Å²) >= 11 is 5.93. The summed E-state index contributed by atoms with van der Waals surface area (Å²) in [5.74, 6) is -1.62. The van der Waals surface area contributed by atoms with Crippen molar-refractivity contribution in [1.82, 2.24) is 10.2 Å². The highest BCUT2D eigenvalue weighted by atomic mass is 35.5. The Morgan fingerprint density at radius 3 is 2.38 bits per heavy atom. The van der Waals surface area contributed by atoms with Gasteiger partial charge in [0.15, 0.2) is 12.2 Å². The third kappa shape index (κ3) is 5.61. The molecule has 0 radical (unpaired) electrons. The first kappa shape index (κ1) is 21.4. The maximum Gasteiger partial charge on any atom is 0.336 e. The minimum absolute atomic E-state index is 0.00833. The van der Waals surface area contributed by atoms with E-state index >= 15 is 0 Å². The Morgan fingerprint density at radius 2 is 1.83 bits per heavy atom. The van der Waals surface area contributed by atoms with Crippen molar-refractivity contribution in [1.29, 1.82) is 0 Å². The molecule has 0 bridgehead atoms. The summed E-state index contributed by atoms with van der Waals surface area (Å²) < 4.78 is 4.88. The summed E-state index contributed by atoms with van der Waals surface area (Å²) in [7, 11) is 0. The van der Waals surface area contributed by atoms with Crippen LogP contribution < -0.4 is 10.2 Å². The van der Waals surface area contributed by atoms with E-state index in [4.69, 9.17) is 21.4 Å². The lowest BCUT2D eigenvalue weighted by Crippen LogP contribution is -2.50. The molecule has 9 heteroatoms. The van der Waals surface area contributed by atoms with Crippen LogP contribution in [-0.4, -0.2) is 72.2 Å². The minimum atomic E-state index is -1.15. The highest BCUT2D eigenvalue weighted by Crippen LogP contribution is 2.23. The molecule has 0 spiro atoms. The Morgan fingerprint density at radius 1 is 1.17 bits per heavy atom. The van der Waals surface area contributed by atoms with Crippen LogP contribution in [0.2, 0.25) is 5.02 Å². The lowest BCUT2D eigenvalue weighted by Gasteiger charge is -2.36. The van der Waals surface area contributed by atoms with Crippen LogP contribution in [0, 0.1) is 0 Å². The van der Waals surface area contributed by atoms with Crippen LogP contribution in [0.25, 0.3) is 0 Å². The number of hydrogen-bond acceptors (Lipinski definition) is 5. The van der Waals surface area contributed by atoms with Crippen LogP contribution in [0.15, 0.2) is 24.3 Å². The number of nitrogens with one attached hydrogen (secondary N) is 1. The summed E-state index contributed by atoms with van der Waals surface area (Å²) in [6.45, 7) is 4.66. The second-order valence-corrected chi connectivity index (χ2v) is 7.79. The molecular weight excluding hydrogens is 398 g/mol. The van der Waals surface area contributed by atoms with E-state index in [0.717, 1.165) is 25.2 Å². The molecule has 1 aromatic carbocycles. The summed E-state index contributed by atoms with van der Waals surface area (Å²) in [6.07, 6.45) is -0.382. The Hall–Kier alpha value is -2.32. The number of amides is 2. The largest absolute Gasteiger partial charge is 0.479 e. The predicted octanol–water partition coefficient (Wildman–Crippen LogP) is 1.52. The molecule has 3 rings (SSSR count). The van der Waals surface area contributed by atoms with Crippen molar-refractivity contribution in [3.8, 4) is 0 Å². The molecule has 2 aliphatic rings. The number of piperazine rings is 1. The molecule has 8 nitrogen and oxygen atoms in total. The molecule has 29 heavy (non-hydrogen) atoms. The Kier molecular flexibility index (Phi) is 6.97. The fourth-order valence-electron chi connectivity index (χ4n) is 3.56. The summed E-state index contributed by atoms with van der Waals surface area (Å²) in [6, 6.07) is 7.32. The quantitative estimate of drug-likeness (QED) is 0.614. The monoisotopic (exact) mass is 423 g/mol. The van der Waals surface area contributed by atoms with Crippen molar-refractivity contribution >= 4 is 35.1 Å². The summed E-state index contributed by atoms with van der Waals surface area (Å²) in [5.41, 5.74) is 1.08. The molecular formula is C20H26ClN3O5. The number of halogens is 1. The van der Waals surface area contributed by atoms with Crippen molar-refractivity contribution in [3.63, 3.8) is 0 Å². The SMILES string of the molecule is CCCC(CC(=O)N1CCN(c2ccc(Cl)cc2)CC1)NC(=O)[C@H]1O[C@@H]1C(=O)O. The molecule has 2 N–H and O–H groups in total. The van der Waals surface area contributed by atoms with Gasteiger partial charge in [-0.25, -0.2) is 4.79 Å². The van der Waals surface area contributed by atoms with Gasteiger partial charge < -0.3 is 25.0 Å². The van der Waals surface area contributed by atoms with Gasteiger partial charge in [0.05, 0.1) is 0 Å². The van der Waals surface area contributed by atoms with Gasteiger partial charge in [0.2, 0.25) is 5.91 Å². The smallest absolute Gasteiger partial charge is 0.336 e. The first-order chi connectivity index (χ1) is 13.9. The fourth-order valence-corrected chi connectivity index (χ4v) is 3.69. The molecule has 2 fully saturated rings. The molecule has 0 aliphatic carbocycles. The highest BCUT2D eigenvalue weighted by Gasteiger charge is 2.51. The Balaban J connectivity index is 1.48. The van der Waals surface area contributed by atoms with Crippen molar-refractivity contribution < 1.29 is 24.2 Å². The van der Waals surface area contributed by atoms with Crippen molar-refractivity contribution in [2.45, 2.75) is 44.4 Å². The van der Waals surface area contributed by atoms with E-state index in [1.165, 1.54) is 0 Å². The Bertz CT molecular complexity index is 749. The normalized spacial score (nSPS) is 22.1. The van der Waals surface area contributed by atoms with E-state index in [9.17, 15) is 14.4 Å². The van der Waals surface area contributed by atoms with Crippen LogP contribution in [-0.2, 0) is 19.1 Å². The van der Waals surface area contributed by atoms with Crippen molar-refractivity contribution in [2.24, 2.45) is 0 Å². The number of anilines is 1. The number of rotatable bonds is 8. The van der Waals surface area contributed by atoms with Gasteiger partial charge in [0, 0.05) is 49.4 Å². The zero-order chi connectivity index (χ0) is 21.0. The number of ether oxygens (including phenoxy) is 1. The average molecular weight is 424 g/mol. The molecule has 1 unspecified atom stereocenters. The van der Waals surface area contributed by atoms with E-state index < -0.39 is 24.1 Å². The number of carboxylic acids is 1. The predicted molar refractivity (Wildman–Crippen MR) is 108 cm³/mol. The van der Waals surface area contributed by atoms with E-state index in [1.54, 1.807) is 0 Å². The second kappa shape index (κ2) is 9.45. The van der Waals surface area contributed by atoms with Crippen LogP contribution in [0.1, 0.15) is 26.2 Å². The van der Waals surface area contributed by atoms with Gasteiger partial charge in [0.25, 0.3) is 5.91 Å². The van der Waals surface area contributed by atoms with E-state index in [1.807, 2.05) is 36.1 Å². The number of carboxylic acid groups (broad SMARTS) is 1. The number of carbonyl (C=O) groups is 3. The lowest BCUT2D eigenvalue weighted by atomic mass is 10.1. The standard InChI is InChI=1S/C20H26ClN3O5/c1-2-3-14(22-19(26)17-18(29-17)20(27)28)12-16(25)24-10-8-23(9-11-24)15-6-4-13(21)5-7-15/h4-7,14,17-18H,2-3,8-12H2,1H3,(H,22,26)(H,27,28)/t14?,17-,18-/m0/s1. The van der Waals surface area contributed by atoms with E-state index in [-0.39, 0.29) is 18.4 Å². The summed E-state index contributed by atoms with van der Waals surface area (Å²) in [5, 5.41) is 12.3. The number of aliphatic carboxylic acids is 1. The van der Waals surface area contributed by atoms with Crippen LogP contribution in [0.3, 0.4) is 0 Å². The number of benzene rings is 1. The van der Waals surface area contributed by atoms with Crippen LogP contribution in [0.4, 0.5) is 5.69 Å². The molecule has 2 saturated heterocycles. The molecule has 0 saturated carbocycles. The average Bonchev–Trinajstić information content (AvgIpc) is 3.50. The fraction of sp³-hybridized carbons (Fsp3) is 0.550. The minimum Gasteiger partial charge on any atom is -0.479 e. The van der Waals surface area contributed by atoms with Gasteiger partial charge in [0.1, 0.15) is 0 Å². The topological polar surface area (TPSA) is 102 Å². The number of nitrogens with zero attached hydrogens (tertiary/aromatic N) is 2. The second-order valence-electron chi connectivity index (χ2n) is 7.36. The zero-order valence-electron chi connectivity index (χ0n) is 16.3. The van der Waals surface area contributed by atoms with Gasteiger partial charge in [-0.2, -0.15) is 0 Å². The van der Waals surface area contributed by atoms with E-state index in [2.05, 4.69) is 10.2 Å². The molecule has 0 aromatic heterocycles. The van der Waals surface area contributed by atoms with Crippen LogP contribution >= 0.6 is 11.6 Å². The molecule has 2 aliphatic heterocycles. The molecule has 2 amide bonds. The molecule has 3 atom stereocenters. The Labute approximate surface area is 174 Å². The number of carbonyl (C=O) groups excluding carboxylic acids is 2. The third-order valence-electron chi connectivity index (χ3n) is 5.22. The molecule has 158 valence electrons. The van der Waals surface area contributed by atoms with Gasteiger partial charge in [-0.1, -0.05) is 24.9 Å². The van der Waals surface area contributed by atoms with Crippen molar-refractivity contribution in [3.05, 3.63) is 29.3 Å². The zero-order valence-corrected chi connectivity index (χ0v) is 17.1. The highest BCUT2D eigenvalue weighted by molar-refractivity contribution is 6.30. The van der Waals surface area contributed by atoms with Crippen molar-refractivity contribution in [2.75, 3.05) is 31.1 Å². The van der Waals surface area contributed by atoms with E-state index in [0.29, 0.717) is 24.5 Å². The number of hydrogen-bond donors (Lipinski definition) is 2. The maximum absolute atomic E-state index is 12.7. The molecule has 1 aromatic rings. The lowest BCUT2D eigenvalue weighted by molar-refractivity contribution is -0.138. The van der Waals surface area contributed by atoms with Gasteiger partial charge in [-0.15, -0.1) is 0 Å². The van der Waals surface area contributed by atoms with Gasteiger partial charge in [-0.3, -0.25) is 9.59 Å².